The summed E-state index contributed by atoms with van der Waals surface area (Å²) in [6, 6.07) is 7.43. The summed E-state index contributed by atoms with van der Waals surface area (Å²) in [4.78, 5) is 20.0. The van der Waals surface area contributed by atoms with E-state index in [1.807, 2.05) is 24.3 Å². The molecule has 0 unspecified atom stereocenters. The van der Waals surface area contributed by atoms with E-state index in [4.69, 9.17) is 9.26 Å². The molecule has 1 amide bonds. The number of carbonyl (C=O) groups is 1. The Labute approximate surface area is 142 Å². The van der Waals surface area contributed by atoms with E-state index in [-0.39, 0.29) is 5.91 Å². The van der Waals surface area contributed by atoms with Crippen LogP contribution in [0, 0.1) is 0 Å². The Morgan fingerprint density at radius 2 is 2.17 bits per heavy atom. The molecule has 0 fully saturated rings. The van der Waals surface area contributed by atoms with Crippen LogP contribution in [0.1, 0.15) is 18.7 Å². The van der Waals surface area contributed by atoms with Gasteiger partial charge in [0.1, 0.15) is 10.8 Å². The number of amides is 1. The second-order valence-corrected chi connectivity index (χ2v) is 5.89. The fourth-order valence-electron chi connectivity index (χ4n) is 2.09. The molecule has 24 heavy (non-hydrogen) atoms. The Hall–Kier alpha value is -2.74. The smallest absolute Gasteiger partial charge is 0.226 e. The van der Waals surface area contributed by atoms with Gasteiger partial charge in [0.2, 0.25) is 17.6 Å². The average molecular weight is 344 g/mol. The Balaban J connectivity index is 1.49. The van der Waals surface area contributed by atoms with E-state index in [0.29, 0.717) is 31.0 Å². The lowest BCUT2D eigenvalue weighted by Gasteiger charge is -2.00. The predicted octanol–water partition coefficient (Wildman–Crippen LogP) is 3.16. The summed E-state index contributed by atoms with van der Waals surface area (Å²) in [5.41, 5.74) is 2.53. The van der Waals surface area contributed by atoms with Crippen molar-refractivity contribution in [2.24, 2.45) is 0 Å². The quantitative estimate of drug-likeness (QED) is 0.708. The van der Waals surface area contributed by atoms with E-state index in [9.17, 15) is 4.79 Å². The molecule has 7 nitrogen and oxygen atoms in total. The van der Waals surface area contributed by atoms with Crippen molar-refractivity contribution in [1.29, 1.82) is 0 Å². The first kappa shape index (κ1) is 16.1. The summed E-state index contributed by atoms with van der Waals surface area (Å²) in [5, 5.41) is 7.50. The zero-order chi connectivity index (χ0) is 16.8. The number of benzene rings is 1. The number of hydrogen-bond donors (Lipinski definition) is 1. The first-order chi connectivity index (χ1) is 11.7. The van der Waals surface area contributed by atoms with Crippen LogP contribution in [0.5, 0.6) is 5.75 Å². The maximum atomic E-state index is 11.8. The van der Waals surface area contributed by atoms with Crippen molar-refractivity contribution < 1.29 is 14.1 Å². The van der Waals surface area contributed by atoms with Crippen LogP contribution in [0.4, 0.5) is 5.00 Å². The largest absolute Gasteiger partial charge is 0.497 e. The zero-order valence-electron chi connectivity index (χ0n) is 13.1. The van der Waals surface area contributed by atoms with Gasteiger partial charge in [0.05, 0.1) is 18.8 Å². The summed E-state index contributed by atoms with van der Waals surface area (Å²) in [7, 11) is 1.62. The van der Waals surface area contributed by atoms with Crippen LogP contribution >= 0.6 is 11.3 Å². The third-order valence-corrected chi connectivity index (χ3v) is 3.99. The summed E-state index contributed by atoms with van der Waals surface area (Å²) >= 11 is 1.39. The van der Waals surface area contributed by atoms with Gasteiger partial charge in [-0.3, -0.25) is 9.78 Å². The van der Waals surface area contributed by atoms with Gasteiger partial charge in [-0.05, 0) is 30.7 Å². The Bertz CT molecular complexity index is 784. The van der Waals surface area contributed by atoms with Crippen LogP contribution in [-0.4, -0.2) is 28.1 Å². The maximum Gasteiger partial charge on any atom is 0.226 e. The van der Waals surface area contributed by atoms with Crippen LogP contribution in [0.25, 0.3) is 11.4 Å². The van der Waals surface area contributed by atoms with Crippen molar-refractivity contribution in [1.82, 2.24) is 15.1 Å². The molecule has 1 aromatic carbocycles. The highest BCUT2D eigenvalue weighted by molar-refractivity contribution is 7.13. The molecule has 0 aliphatic carbocycles. The van der Waals surface area contributed by atoms with Gasteiger partial charge in [0, 0.05) is 18.4 Å². The Morgan fingerprint density at radius 3 is 2.88 bits per heavy atom. The molecule has 2 heterocycles. The van der Waals surface area contributed by atoms with Crippen LogP contribution < -0.4 is 10.1 Å². The van der Waals surface area contributed by atoms with Crippen LogP contribution in [0.2, 0.25) is 0 Å². The highest BCUT2D eigenvalue weighted by Gasteiger charge is 2.10. The standard InChI is InChI=1S/C16H16N4O3S/c1-22-12-7-5-11(6-8-12)16-19-14(23-20-16)4-2-3-13(21)18-15-9-17-10-24-15/h5-10H,2-4H2,1H3,(H,18,21). The van der Waals surface area contributed by atoms with Gasteiger partial charge in [-0.15, -0.1) is 11.3 Å². The molecule has 3 aromatic rings. The molecular formula is C16H16N4O3S. The van der Waals surface area contributed by atoms with E-state index < -0.39 is 0 Å². The maximum absolute atomic E-state index is 11.8. The predicted molar refractivity (Wildman–Crippen MR) is 90.0 cm³/mol. The molecule has 0 aliphatic heterocycles. The lowest BCUT2D eigenvalue weighted by Crippen LogP contribution is -2.10. The molecular weight excluding hydrogens is 328 g/mol. The van der Waals surface area contributed by atoms with Crippen molar-refractivity contribution in [2.45, 2.75) is 19.3 Å². The van der Waals surface area contributed by atoms with Crippen molar-refractivity contribution in [3.05, 3.63) is 41.9 Å². The summed E-state index contributed by atoms with van der Waals surface area (Å²) in [5.74, 6) is 1.77. The van der Waals surface area contributed by atoms with Crippen molar-refractivity contribution >= 4 is 22.2 Å². The van der Waals surface area contributed by atoms with Gasteiger partial charge in [-0.1, -0.05) is 5.16 Å². The number of thiazole rings is 1. The molecule has 0 bridgehead atoms. The molecule has 1 N–H and O–H groups in total. The van der Waals surface area contributed by atoms with Gasteiger partial charge in [0.25, 0.3) is 0 Å². The Kier molecular flexibility index (Phi) is 5.17. The molecule has 8 heteroatoms. The van der Waals surface area contributed by atoms with Crippen LogP contribution in [-0.2, 0) is 11.2 Å². The first-order valence-corrected chi connectivity index (χ1v) is 8.28. The minimum absolute atomic E-state index is 0.0471. The fourth-order valence-corrected chi connectivity index (χ4v) is 2.62. The second-order valence-electron chi connectivity index (χ2n) is 5.01. The van der Waals surface area contributed by atoms with Gasteiger partial charge in [-0.2, -0.15) is 4.98 Å². The number of aryl methyl sites for hydroxylation is 1. The van der Waals surface area contributed by atoms with Gasteiger partial charge >= 0.3 is 0 Å². The van der Waals surface area contributed by atoms with E-state index >= 15 is 0 Å². The summed E-state index contributed by atoms with van der Waals surface area (Å²) < 4.78 is 10.3. The molecule has 0 spiro atoms. The monoisotopic (exact) mass is 344 g/mol. The van der Waals surface area contributed by atoms with E-state index in [2.05, 4.69) is 20.4 Å². The minimum atomic E-state index is -0.0471. The lowest BCUT2D eigenvalue weighted by molar-refractivity contribution is -0.116. The number of nitrogens with zero attached hydrogens (tertiary/aromatic N) is 3. The highest BCUT2D eigenvalue weighted by Crippen LogP contribution is 2.20. The summed E-state index contributed by atoms with van der Waals surface area (Å²) in [6.45, 7) is 0. The number of methoxy groups -OCH3 is 1. The van der Waals surface area contributed by atoms with E-state index in [1.165, 1.54) is 11.3 Å². The number of ether oxygens (including phenoxy) is 1. The lowest BCUT2D eigenvalue weighted by atomic mass is 10.2. The summed E-state index contributed by atoms with van der Waals surface area (Å²) in [6.07, 6.45) is 3.20. The average Bonchev–Trinajstić information content (AvgIpc) is 3.27. The van der Waals surface area contributed by atoms with E-state index in [1.54, 1.807) is 18.8 Å². The number of carbonyl (C=O) groups excluding carboxylic acids is 1. The molecule has 0 aliphatic rings. The minimum Gasteiger partial charge on any atom is -0.497 e. The van der Waals surface area contributed by atoms with Crippen molar-refractivity contribution in [2.75, 3.05) is 12.4 Å². The highest BCUT2D eigenvalue weighted by atomic mass is 32.1. The topological polar surface area (TPSA) is 90.1 Å². The molecule has 2 aromatic heterocycles. The van der Waals surface area contributed by atoms with E-state index in [0.717, 1.165) is 16.3 Å². The second kappa shape index (κ2) is 7.69. The van der Waals surface area contributed by atoms with Crippen LogP contribution in [0.3, 0.4) is 0 Å². The number of aromatic nitrogens is 3. The Morgan fingerprint density at radius 1 is 1.33 bits per heavy atom. The molecule has 124 valence electrons. The molecule has 3 rings (SSSR count). The van der Waals surface area contributed by atoms with Gasteiger partial charge in [-0.25, -0.2) is 0 Å². The fraction of sp³-hybridized carbons (Fsp3) is 0.250. The molecule has 0 saturated carbocycles. The zero-order valence-corrected chi connectivity index (χ0v) is 13.9. The molecule has 0 radical (unpaired) electrons. The third kappa shape index (κ3) is 4.17. The van der Waals surface area contributed by atoms with Crippen molar-refractivity contribution in [3.63, 3.8) is 0 Å². The number of nitrogens with one attached hydrogen (secondary N) is 1. The van der Waals surface area contributed by atoms with Gasteiger partial charge < -0.3 is 14.6 Å². The normalized spacial score (nSPS) is 10.5. The number of rotatable bonds is 7. The van der Waals surface area contributed by atoms with Crippen LogP contribution in [0.15, 0.2) is 40.5 Å². The third-order valence-electron chi connectivity index (χ3n) is 3.31. The van der Waals surface area contributed by atoms with Gasteiger partial charge in [0.15, 0.2) is 0 Å². The van der Waals surface area contributed by atoms with Crippen molar-refractivity contribution in [3.8, 4) is 17.1 Å². The SMILES string of the molecule is COc1ccc(-c2noc(CCCC(=O)Nc3cncs3)n2)cc1. The first-order valence-electron chi connectivity index (χ1n) is 7.40. The molecule has 0 atom stereocenters. The number of hydrogen-bond acceptors (Lipinski definition) is 7. The number of anilines is 1. The molecule has 0 saturated heterocycles.